The van der Waals surface area contributed by atoms with Crippen molar-refractivity contribution in [3.63, 3.8) is 0 Å². The highest BCUT2D eigenvalue weighted by Crippen LogP contribution is 2.22. The van der Waals surface area contributed by atoms with E-state index < -0.39 is 5.97 Å². The molecule has 0 radical (unpaired) electrons. The molecule has 1 atom stereocenters. The number of morpholine rings is 1. The lowest BCUT2D eigenvalue weighted by molar-refractivity contribution is -0.140. The summed E-state index contributed by atoms with van der Waals surface area (Å²) in [4.78, 5) is 24.3. The van der Waals surface area contributed by atoms with Gasteiger partial charge in [0.2, 0.25) is 5.91 Å². The van der Waals surface area contributed by atoms with Gasteiger partial charge in [0.1, 0.15) is 6.10 Å². The van der Waals surface area contributed by atoms with Gasteiger partial charge in [0, 0.05) is 19.4 Å². The highest BCUT2D eigenvalue weighted by molar-refractivity contribution is 5.77. The standard InChI is InChI=1S/C15H19NO4/c17-14(7-4-8-15(18)19)16-9-10-20-13(11-16)12-5-2-1-3-6-12/h1-3,5-6,13H,4,7-11H2,(H,18,19). The Morgan fingerprint density at radius 2 is 2.00 bits per heavy atom. The highest BCUT2D eigenvalue weighted by Gasteiger charge is 2.24. The molecule has 0 aromatic heterocycles. The van der Waals surface area contributed by atoms with E-state index in [0.29, 0.717) is 26.1 Å². The summed E-state index contributed by atoms with van der Waals surface area (Å²) in [5.41, 5.74) is 1.07. The quantitative estimate of drug-likeness (QED) is 0.891. The number of hydrogen-bond donors (Lipinski definition) is 1. The van der Waals surface area contributed by atoms with Crippen LogP contribution in [0.4, 0.5) is 0 Å². The van der Waals surface area contributed by atoms with Crippen LogP contribution in [0.1, 0.15) is 30.9 Å². The number of ether oxygens (including phenoxy) is 1. The minimum atomic E-state index is -0.859. The van der Waals surface area contributed by atoms with Gasteiger partial charge in [-0.15, -0.1) is 0 Å². The van der Waals surface area contributed by atoms with Gasteiger partial charge in [0.05, 0.1) is 13.2 Å². The van der Waals surface area contributed by atoms with Crippen LogP contribution >= 0.6 is 0 Å². The van der Waals surface area contributed by atoms with Crippen molar-refractivity contribution in [1.82, 2.24) is 4.90 Å². The van der Waals surface area contributed by atoms with Crippen molar-refractivity contribution in [3.05, 3.63) is 35.9 Å². The summed E-state index contributed by atoms with van der Waals surface area (Å²) < 4.78 is 5.70. The molecule has 0 bridgehead atoms. The average molecular weight is 277 g/mol. The van der Waals surface area contributed by atoms with E-state index in [1.165, 1.54) is 0 Å². The second-order valence-electron chi connectivity index (χ2n) is 4.86. The van der Waals surface area contributed by atoms with Crippen molar-refractivity contribution < 1.29 is 19.4 Å². The van der Waals surface area contributed by atoms with Gasteiger partial charge in [-0.3, -0.25) is 9.59 Å². The maximum Gasteiger partial charge on any atom is 0.303 e. The number of carbonyl (C=O) groups is 2. The number of nitrogens with zero attached hydrogens (tertiary/aromatic N) is 1. The summed E-state index contributed by atoms with van der Waals surface area (Å²) in [7, 11) is 0. The highest BCUT2D eigenvalue weighted by atomic mass is 16.5. The normalized spacial score (nSPS) is 18.8. The summed E-state index contributed by atoms with van der Waals surface area (Å²) in [6, 6.07) is 9.83. The van der Waals surface area contributed by atoms with Crippen LogP contribution in [0.5, 0.6) is 0 Å². The lowest BCUT2D eigenvalue weighted by Gasteiger charge is -2.33. The van der Waals surface area contributed by atoms with Crippen LogP contribution in [-0.4, -0.2) is 41.6 Å². The van der Waals surface area contributed by atoms with Gasteiger partial charge >= 0.3 is 5.97 Å². The Hall–Kier alpha value is -1.88. The van der Waals surface area contributed by atoms with E-state index in [0.717, 1.165) is 5.56 Å². The van der Waals surface area contributed by atoms with Gasteiger partial charge in [0.15, 0.2) is 0 Å². The van der Waals surface area contributed by atoms with Gasteiger partial charge in [0.25, 0.3) is 0 Å². The van der Waals surface area contributed by atoms with E-state index in [1.54, 1.807) is 4.90 Å². The van der Waals surface area contributed by atoms with E-state index >= 15 is 0 Å². The van der Waals surface area contributed by atoms with E-state index in [2.05, 4.69) is 0 Å². The largest absolute Gasteiger partial charge is 0.481 e. The van der Waals surface area contributed by atoms with Gasteiger partial charge in [-0.2, -0.15) is 0 Å². The van der Waals surface area contributed by atoms with Crippen molar-refractivity contribution in [2.45, 2.75) is 25.4 Å². The van der Waals surface area contributed by atoms with Crippen LogP contribution in [0.25, 0.3) is 0 Å². The van der Waals surface area contributed by atoms with Gasteiger partial charge < -0.3 is 14.7 Å². The Balaban J connectivity index is 1.87. The lowest BCUT2D eigenvalue weighted by Crippen LogP contribution is -2.42. The Morgan fingerprint density at radius 3 is 2.70 bits per heavy atom. The zero-order valence-corrected chi connectivity index (χ0v) is 11.3. The van der Waals surface area contributed by atoms with Crippen molar-refractivity contribution in [3.8, 4) is 0 Å². The number of benzene rings is 1. The fourth-order valence-electron chi connectivity index (χ4n) is 2.29. The van der Waals surface area contributed by atoms with Crippen molar-refractivity contribution >= 4 is 11.9 Å². The zero-order chi connectivity index (χ0) is 14.4. The van der Waals surface area contributed by atoms with Crippen molar-refractivity contribution in [2.24, 2.45) is 0 Å². The summed E-state index contributed by atoms with van der Waals surface area (Å²) in [5, 5.41) is 8.58. The molecule has 20 heavy (non-hydrogen) atoms. The minimum absolute atomic E-state index is 0.00970. The van der Waals surface area contributed by atoms with Crippen LogP contribution in [0.3, 0.4) is 0 Å². The molecule has 1 saturated heterocycles. The van der Waals surface area contributed by atoms with Crippen LogP contribution in [0.2, 0.25) is 0 Å². The number of carboxylic acids is 1. The molecule has 1 aliphatic heterocycles. The Labute approximate surface area is 118 Å². The average Bonchev–Trinajstić information content (AvgIpc) is 2.48. The third kappa shape index (κ3) is 4.06. The maximum absolute atomic E-state index is 12.0. The maximum atomic E-state index is 12.0. The lowest BCUT2D eigenvalue weighted by atomic mass is 10.1. The number of carboxylic acid groups (broad SMARTS) is 1. The second kappa shape index (κ2) is 7.05. The van der Waals surface area contributed by atoms with Crippen LogP contribution < -0.4 is 0 Å². The molecule has 0 aliphatic carbocycles. The van der Waals surface area contributed by atoms with E-state index in [4.69, 9.17) is 9.84 Å². The first kappa shape index (κ1) is 14.5. The molecule has 5 nitrogen and oxygen atoms in total. The second-order valence-corrected chi connectivity index (χ2v) is 4.86. The molecule has 1 amide bonds. The SMILES string of the molecule is O=C(O)CCCC(=O)N1CCOC(c2ccccc2)C1. The molecular formula is C15H19NO4. The molecule has 1 aromatic rings. The molecular weight excluding hydrogens is 258 g/mol. The molecule has 1 aliphatic rings. The monoisotopic (exact) mass is 277 g/mol. The van der Waals surface area contributed by atoms with Crippen LogP contribution in [-0.2, 0) is 14.3 Å². The summed E-state index contributed by atoms with van der Waals surface area (Å²) >= 11 is 0. The summed E-state index contributed by atoms with van der Waals surface area (Å²) in [6.07, 6.45) is 0.626. The molecule has 1 aromatic carbocycles. The molecule has 1 fully saturated rings. The molecule has 0 saturated carbocycles. The third-order valence-corrected chi connectivity index (χ3v) is 3.37. The number of carbonyl (C=O) groups excluding carboxylic acids is 1. The third-order valence-electron chi connectivity index (χ3n) is 3.37. The molecule has 5 heteroatoms. The fraction of sp³-hybridized carbons (Fsp3) is 0.467. The van der Waals surface area contributed by atoms with Gasteiger partial charge in [-0.25, -0.2) is 0 Å². The van der Waals surface area contributed by atoms with E-state index in [-0.39, 0.29) is 24.9 Å². The first-order valence-electron chi connectivity index (χ1n) is 6.83. The zero-order valence-electron chi connectivity index (χ0n) is 11.3. The summed E-state index contributed by atoms with van der Waals surface area (Å²) in [5.74, 6) is -0.850. The van der Waals surface area contributed by atoms with Crippen LogP contribution in [0.15, 0.2) is 30.3 Å². The first-order valence-corrected chi connectivity index (χ1v) is 6.83. The number of hydrogen-bond acceptors (Lipinski definition) is 3. The molecule has 1 heterocycles. The molecule has 1 N–H and O–H groups in total. The van der Waals surface area contributed by atoms with Crippen molar-refractivity contribution in [2.75, 3.05) is 19.7 Å². The smallest absolute Gasteiger partial charge is 0.303 e. The molecule has 1 unspecified atom stereocenters. The van der Waals surface area contributed by atoms with Gasteiger partial charge in [-0.1, -0.05) is 30.3 Å². The van der Waals surface area contributed by atoms with E-state index in [9.17, 15) is 9.59 Å². The molecule has 2 rings (SSSR count). The van der Waals surface area contributed by atoms with Crippen LogP contribution in [0, 0.1) is 0 Å². The Morgan fingerprint density at radius 1 is 1.25 bits per heavy atom. The molecule has 0 spiro atoms. The topological polar surface area (TPSA) is 66.8 Å². The summed E-state index contributed by atoms with van der Waals surface area (Å²) in [6.45, 7) is 1.63. The minimum Gasteiger partial charge on any atom is -0.481 e. The number of amides is 1. The predicted octanol–water partition coefficient (Wildman–Crippen LogP) is 1.84. The van der Waals surface area contributed by atoms with E-state index in [1.807, 2.05) is 30.3 Å². The van der Waals surface area contributed by atoms with Crippen molar-refractivity contribution in [1.29, 1.82) is 0 Å². The molecule has 108 valence electrons. The first-order chi connectivity index (χ1) is 9.66. The Kier molecular flexibility index (Phi) is 5.12. The number of rotatable bonds is 5. The van der Waals surface area contributed by atoms with Gasteiger partial charge in [-0.05, 0) is 12.0 Å². The fourth-order valence-corrected chi connectivity index (χ4v) is 2.29. The number of aliphatic carboxylic acids is 1. The Bertz CT molecular complexity index is 460. The predicted molar refractivity (Wildman–Crippen MR) is 73.2 cm³/mol.